The first kappa shape index (κ1) is 12.3. The Labute approximate surface area is 100 Å². The molecule has 3 nitrogen and oxygen atoms in total. The molecule has 0 spiro atoms. The van der Waals surface area contributed by atoms with Gasteiger partial charge in [-0.05, 0) is 19.1 Å². The average molecular weight is 240 g/mol. The first-order valence-corrected chi connectivity index (χ1v) is 5.69. The van der Waals surface area contributed by atoms with Gasteiger partial charge >= 0.3 is 0 Å². The van der Waals surface area contributed by atoms with E-state index in [1.54, 1.807) is 13.2 Å². The fraction of sp³-hybridized carbons (Fsp3) is 0.538. The second-order valence-corrected chi connectivity index (χ2v) is 4.70. The minimum Gasteiger partial charge on any atom is -0.487 e. The Morgan fingerprint density at radius 2 is 2.35 bits per heavy atom. The molecule has 0 aliphatic carbocycles. The van der Waals surface area contributed by atoms with E-state index in [2.05, 4.69) is 0 Å². The van der Waals surface area contributed by atoms with Crippen molar-refractivity contribution in [1.29, 1.82) is 0 Å². The average Bonchev–Trinajstić information content (AvgIpc) is 2.25. The molecule has 0 saturated carbocycles. The molecular formula is C13H17FO3. The molecule has 2 rings (SSSR count). The normalized spacial score (nSPS) is 27.4. The largest absolute Gasteiger partial charge is 0.487 e. The number of halogens is 1. The SMILES string of the molecule is COCCC1(C)C[C@@H](O)c2ccc(F)cc2O1. The summed E-state index contributed by atoms with van der Waals surface area (Å²) in [4.78, 5) is 0. The molecule has 0 bridgehead atoms. The number of ether oxygens (including phenoxy) is 2. The van der Waals surface area contributed by atoms with Gasteiger partial charge in [-0.25, -0.2) is 4.39 Å². The Morgan fingerprint density at radius 3 is 3.06 bits per heavy atom. The molecular weight excluding hydrogens is 223 g/mol. The Balaban J connectivity index is 2.25. The summed E-state index contributed by atoms with van der Waals surface area (Å²) in [7, 11) is 1.62. The lowest BCUT2D eigenvalue weighted by Crippen LogP contribution is -2.39. The van der Waals surface area contributed by atoms with Crippen molar-refractivity contribution in [2.24, 2.45) is 0 Å². The molecule has 1 aromatic rings. The molecule has 0 fully saturated rings. The van der Waals surface area contributed by atoms with E-state index in [1.807, 2.05) is 6.92 Å². The van der Waals surface area contributed by atoms with Crippen molar-refractivity contribution in [3.8, 4) is 5.75 Å². The van der Waals surface area contributed by atoms with Gasteiger partial charge < -0.3 is 14.6 Å². The molecule has 4 heteroatoms. The number of methoxy groups -OCH3 is 1. The third kappa shape index (κ3) is 2.58. The molecule has 1 heterocycles. The first-order chi connectivity index (χ1) is 8.04. The van der Waals surface area contributed by atoms with Crippen LogP contribution in [-0.4, -0.2) is 24.4 Å². The molecule has 1 aromatic carbocycles. The fourth-order valence-corrected chi connectivity index (χ4v) is 2.17. The Kier molecular flexibility index (Phi) is 3.35. The summed E-state index contributed by atoms with van der Waals surface area (Å²) in [6.07, 6.45) is 0.548. The van der Waals surface area contributed by atoms with E-state index < -0.39 is 11.7 Å². The Bertz CT molecular complexity index is 408. The van der Waals surface area contributed by atoms with Crippen molar-refractivity contribution in [2.75, 3.05) is 13.7 Å². The molecule has 0 amide bonds. The maximum absolute atomic E-state index is 13.1. The fourth-order valence-electron chi connectivity index (χ4n) is 2.17. The summed E-state index contributed by atoms with van der Waals surface area (Å²) < 4.78 is 24.0. The van der Waals surface area contributed by atoms with E-state index in [0.717, 1.165) is 0 Å². The number of hydrogen-bond donors (Lipinski definition) is 1. The van der Waals surface area contributed by atoms with Crippen LogP contribution < -0.4 is 4.74 Å². The number of aliphatic hydroxyl groups excluding tert-OH is 1. The maximum Gasteiger partial charge on any atom is 0.128 e. The third-order valence-electron chi connectivity index (χ3n) is 3.15. The van der Waals surface area contributed by atoms with Gasteiger partial charge in [-0.15, -0.1) is 0 Å². The van der Waals surface area contributed by atoms with E-state index in [9.17, 15) is 9.50 Å². The van der Waals surface area contributed by atoms with Crippen LogP contribution in [0.1, 0.15) is 31.4 Å². The number of rotatable bonds is 3. The van der Waals surface area contributed by atoms with Crippen molar-refractivity contribution < 1.29 is 19.0 Å². The molecule has 1 aliphatic heterocycles. The van der Waals surface area contributed by atoms with Gasteiger partial charge in [-0.3, -0.25) is 0 Å². The van der Waals surface area contributed by atoms with Crippen LogP contribution in [0, 0.1) is 5.82 Å². The lowest BCUT2D eigenvalue weighted by atomic mass is 9.88. The smallest absolute Gasteiger partial charge is 0.128 e. The molecule has 94 valence electrons. The predicted octanol–water partition coefficient (Wildman–Crippen LogP) is 2.44. The van der Waals surface area contributed by atoms with Crippen molar-refractivity contribution in [3.05, 3.63) is 29.6 Å². The van der Waals surface area contributed by atoms with Crippen LogP contribution in [0.4, 0.5) is 4.39 Å². The molecule has 0 aromatic heterocycles. The van der Waals surface area contributed by atoms with Crippen LogP contribution in [0.5, 0.6) is 5.75 Å². The topological polar surface area (TPSA) is 38.7 Å². The van der Waals surface area contributed by atoms with Crippen LogP contribution in [0.25, 0.3) is 0 Å². The van der Waals surface area contributed by atoms with Gasteiger partial charge in [0.15, 0.2) is 0 Å². The van der Waals surface area contributed by atoms with E-state index in [1.165, 1.54) is 12.1 Å². The summed E-state index contributed by atoms with van der Waals surface area (Å²) in [5.41, 5.74) is 0.150. The first-order valence-electron chi connectivity index (χ1n) is 5.69. The molecule has 1 aliphatic rings. The Hall–Kier alpha value is -1.13. The van der Waals surface area contributed by atoms with Crippen molar-refractivity contribution in [2.45, 2.75) is 31.5 Å². The van der Waals surface area contributed by atoms with Crippen molar-refractivity contribution in [1.82, 2.24) is 0 Å². The third-order valence-corrected chi connectivity index (χ3v) is 3.15. The highest BCUT2D eigenvalue weighted by Crippen LogP contribution is 2.41. The molecule has 0 radical (unpaired) electrons. The number of hydrogen-bond acceptors (Lipinski definition) is 3. The quantitative estimate of drug-likeness (QED) is 0.882. The summed E-state index contributed by atoms with van der Waals surface area (Å²) in [5.74, 6) is 0.0781. The van der Waals surface area contributed by atoms with Gasteiger partial charge in [-0.2, -0.15) is 0 Å². The van der Waals surface area contributed by atoms with Gasteiger partial charge in [0.05, 0.1) is 6.10 Å². The monoisotopic (exact) mass is 240 g/mol. The zero-order valence-corrected chi connectivity index (χ0v) is 10.1. The van der Waals surface area contributed by atoms with Crippen LogP contribution in [-0.2, 0) is 4.74 Å². The standard InChI is InChI=1S/C13H17FO3/c1-13(5-6-16-2)8-11(15)10-4-3-9(14)7-12(10)17-13/h3-4,7,11,15H,5-6,8H2,1-2H3/t11-,13?/m1/s1. The van der Waals surface area contributed by atoms with Crippen LogP contribution in [0.3, 0.4) is 0 Å². The summed E-state index contributed by atoms with van der Waals surface area (Å²) >= 11 is 0. The zero-order chi connectivity index (χ0) is 12.5. The second-order valence-electron chi connectivity index (χ2n) is 4.70. The van der Waals surface area contributed by atoms with Crippen molar-refractivity contribution >= 4 is 0 Å². The predicted molar refractivity (Wildman–Crippen MR) is 61.5 cm³/mol. The minimum absolute atomic E-state index is 0.355. The number of benzene rings is 1. The highest BCUT2D eigenvalue weighted by atomic mass is 19.1. The second kappa shape index (κ2) is 4.63. The van der Waals surface area contributed by atoms with Crippen molar-refractivity contribution in [3.63, 3.8) is 0 Å². The summed E-state index contributed by atoms with van der Waals surface area (Å²) in [5, 5.41) is 10.0. The highest BCUT2D eigenvalue weighted by Gasteiger charge is 2.36. The molecule has 0 saturated heterocycles. The van der Waals surface area contributed by atoms with Crippen LogP contribution in [0.15, 0.2) is 18.2 Å². The van der Waals surface area contributed by atoms with Crippen LogP contribution in [0.2, 0.25) is 0 Å². The zero-order valence-electron chi connectivity index (χ0n) is 10.1. The Morgan fingerprint density at radius 1 is 1.59 bits per heavy atom. The van der Waals surface area contributed by atoms with E-state index >= 15 is 0 Å². The summed E-state index contributed by atoms with van der Waals surface area (Å²) in [6.45, 7) is 2.46. The minimum atomic E-state index is -0.610. The van der Waals surface area contributed by atoms with Gasteiger partial charge in [-0.1, -0.05) is 0 Å². The lowest BCUT2D eigenvalue weighted by molar-refractivity contribution is -0.0204. The van der Waals surface area contributed by atoms with Gasteiger partial charge in [0.2, 0.25) is 0 Å². The number of fused-ring (bicyclic) bond motifs is 1. The number of aliphatic hydroxyl groups is 1. The molecule has 17 heavy (non-hydrogen) atoms. The van der Waals surface area contributed by atoms with Crippen LogP contribution >= 0.6 is 0 Å². The van der Waals surface area contributed by atoms with E-state index in [4.69, 9.17) is 9.47 Å². The molecule has 1 N–H and O–H groups in total. The lowest BCUT2D eigenvalue weighted by Gasteiger charge is -2.38. The highest BCUT2D eigenvalue weighted by molar-refractivity contribution is 5.38. The van der Waals surface area contributed by atoms with Gasteiger partial charge in [0.25, 0.3) is 0 Å². The molecule has 2 atom stereocenters. The van der Waals surface area contributed by atoms with E-state index in [-0.39, 0.29) is 5.82 Å². The van der Waals surface area contributed by atoms with E-state index in [0.29, 0.717) is 30.8 Å². The molecule has 1 unspecified atom stereocenters. The van der Waals surface area contributed by atoms with Gasteiger partial charge in [0.1, 0.15) is 17.2 Å². The summed E-state index contributed by atoms with van der Waals surface area (Å²) in [6, 6.07) is 4.23. The van der Waals surface area contributed by atoms with Gasteiger partial charge in [0, 0.05) is 38.2 Å². The maximum atomic E-state index is 13.1.